The summed E-state index contributed by atoms with van der Waals surface area (Å²) in [6.45, 7) is -1.08. The average Bonchev–Trinajstić information content (AvgIpc) is 4.06. The number of carboxylic acid groups (broad SMARTS) is 5. The normalized spacial score (nSPS) is 16.0. The first-order valence-corrected chi connectivity index (χ1v) is 23.9. The van der Waals surface area contributed by atoms with E-state index in [0.717, 1.165) is 4.90 Å². The van der Waals surface area contributed by atoms with Gasteiger partial charge < -0.3 is 101 Å². The van der Waals surface area contributed by atoms with Crippen molar-refractivity contribution in [2.24, 2.45) is 27.9 Å². The summed E-state index contributed by atoms with van der Waals surface area (Å²) >= 11 is 0. The van der Waals surface area contributed by atoms with Crippen molar-refractivity contribution >= 4 is 83.1 Å². The number of aliphatic hydroxyl groups is 1. The smallest absolute Gasteiger partial charge is 0.326 e. The van der Waals surface area contributed by atoms with Gasteiger partial charge in [-0.05, 0) is 57.9 Å². The molecule has 0 bridgehead atoms. The molecule has 77 heavy (non-hydrogen) atoms. The number of unbranched alkanes of at least 4 members (excludes halogenated alkanes) is 1. The van der Waals surface area contributed by atoms with Gasteiger partial charge in [0.05, 0.1) is 38.2 Å². The van der Waals surface area contributed by atoms with Crippen LogP contribution in [0.4, 0.5) is 0 Å². The van der Waals surface area contributed by atoms with E-state index in [1.165, 1.54) is 12.5 Å². The molecule has 1 saturated heterocycles. The van der Waals surface area contributed by atoms with Crippen molar-refractivity contribution in [3.63, 3.8) is 0 Å². The molecule has 9 atom stereocenters. The standard InChI is InChI=1S/C43H67N15O19/c44-10-2-1-5-22(35(69)57-28(18-59)39(73)55-25(13-20-17-48-19-50-20)37(71)53-24(42(76)77)6-3-11-49-43(46)47)52-40(74)29-7-4-12-58(29)41(75)27(16-33(66)67)56-36(70)23(8-9-30(60)61)51-38(72)26(15-32(64)65)54-34(68)21(45)14-31(62)63/h17,19,21-29,59H,1-16,18,44-45H2,(H,48,50)(H,51,72)(H,52,74)(H,53,71)(H,54,68)(H,55,73)(H,56,70)(H,57,69)(H,60,61)(H,62,63)(H,64,65)(H,66,67)(H,76,77)(H4,46,47,49)/t21-,22-,23-,24-,25-,26-,27-,28-,29-/m0/s1. The summed E-state index contributed by atoms with van der Waals surface area (Å²) in [4.78, 5) is 178. The van der Waals surface area contributed by atoms with Crippen molar-refractivity contribution in [1.29, 1.82) is 0 Å². The summed E-state index contributed by atoms with van der Waals surface area (Å²) in [7, 11) is 0. The number of carboxylic acids is 5. The van der Waals surface area contributed by atoms with Gasteiger partial charge in [0.1, 0.15) is 48.3 Å². The lowest BCUT2D eigenvalue weighted by Gasteiger charge is -2.30. The lowest BCUT2D eigenvalue weighted by atomic mass is 10.1. The Kier molecular flexibility index (Phi) is 27.4. The van der Waals surface area contributed by atoms with E-state index in [-0.39, 0.29) is 70.5 Å². The highest BCUT2D eigenvalue weighted by molar-refractivity contribution is 6.00. The van der Waals surface area contributed by atoms with E-state index in [1.54, 1.807) is 0 Å². The summed E-state index contributed by atoms with van der Waals surface area (Å²) in [5.41, 5.74) is 22.1. The number of nitrogens with two attached hydrogens (primary N) is 4. The molecule has 1 aromatic rings. The number of nitrogens with one attached hydrogen (secondary N) is 8. The van der Waals surface area contributed by atoms with Gasteiger partial charge in [-0.2, -0.15) is 0 Å². The Labute approximate surface area is 437 Å². The molecule has 1 aromatic heterocycles. The van der Waals surface area contributed by atoms with Crippen LogP contribution in [0.2, 0.25) is 0 Å². The Balaban J connectivity index is 2.35. The summed E-state index contributed by atoms with van der Waals surface area (Å²) in [6, 6.07) is -15.4. The number of imidazole rings is 1. The zero-order chi connectivity index (χ0) is 57.9. The minimum atomic E-state index is -2.02. The molecule has 34 heteroatoms. The van der Waals surface area contributed by atoms with Crippen LogP contribution in [-0.2, 0) is 68.7 Å². The maximum Gasteiger partial charge on any atom is 0.326 e. The van der Waals surface area contributed by atoms with Crippen molar-refractivity contribution < 1.29 is 93.0 Å². The highest BCUT2D eigenvalue weighted by Gasteiger charge is 2.41. The van der Waals surface area contributed by atoms with Crippen LogP contribution in [0.25, 0.3) is 0 Å². The molecule has 2 rings (SSSR count). The molecular weight excluding hydrogens is 1030 g/mol. The van der Waals surface area contributed by atoms with E-state index >= 15 is 0 Å². The van der Waals surface area contributed by atoms with Gasteiger partial charge in [0, 0.05) is 37.8 Å². The maximum atomic E-state index is 14.1. The van der Waals surface area contributed by atoms with Crippen LogP contribution in [0, 0.1) is 0 Å². The van der Waals surface area contributed by atoms with Crippen molar-refractivity contribution in [3.8, 4) is 0 Å². The number of aromatic amines is 1. The first-order valence-electron chi connectivity index (χ1n) is 23.9. The molecule has 1 fully saturated rings. The number of hydrogen-bond donors (Lipinski definition) is 18. The Bertz CT molecular complexity index is 2300. The Hall–Kier alpha value is -8.53. The summed E-state index contributed by atoms with van der Waals surface area (Å²) < 4.78 is 0. The number of amides is 8. The second-order valence-electron chi connectivity index (χ2n) is 17.5. The van der Waals surface area contributed by atoms with Crippen molar-refractivity contribution in [3.05, 3.63) is 18.2 Å². The van der Waals surface area contributed by atoms with Gasteiger partial charge in [-0.25, -0.2) is 9.78 Å². The molecule has 0 aliphatic carbocycles. The summed E-state index contributed by atoms with van der Waals surface area (Å²) in [6.07, 6.45) is -2.03. The molecule has 428 valence electrons. The number of likely N-dealkylation sites (tertiary alicyclic amines) is 1. The van der Waals surface area contributed by atoms with Gasteiger partial charge in [-0.3, -0.25) is 62.5 Å². The van der Waals surface area contributed by atoms with Crippen LogP contribution in [0.1, 0.15) is 82.7 Å². The fraction of sp³-hybridized carbons (Fsp3) is 0.605. The molecule has 0 unspecified atom stereocenters. The minimum Gasteiger partial charge on any atom is -0.481 e. The Morgan fingerprint density at radius 3 is 1.71 bits per heavy atom. The predicted octanol–water partition coefficient (Wildman–Crippen LogP) is -7.79. The molecule has 1 aliphatic heterocycles. The van der Waals surface area contributed by atoms with Gasteiger partial charge in [0.25, 0.3) is 0 Å². The first-order chi connectivity index (χ1) is 36.3. The van der Waals surface area contributed by atoms with Crippen LogP contribution in [0.5, 0.6) is 0 Å². The molecule has 1 aliphatic rings. The molecule has 0 radical (unpaired) electrons. The fourth-order valence-corrected chi connectivity index (χ4v) is 7.53. The number of guanidine groups is 1. The molecule has 34 nitrogen and oxygen atoms in total. The molecule has 2 heterocycles. The number of H-pyrrole nitrogens is 1. The third-order valence-electron chi connectivity index (χ3n) is 11.4. The molecule has 0 aromatic carbocycles. The molecule has 22 N–H and O–H groups in total. The molecule has 8 amide bonds. The number of aromatic nitrogens is 2. The van der Waals surface area contributed by atoms with E-state index in [9.17, 15) is 87.9 Å². The van der Waals surface area contributed by atoms with E-state index in [1.807, 2.05) is 5.32 Å². The van der Waals surface area contributed by atoms with E-state index in [2.05, 4.69) is 46.9 Å². The third kappa shape index (κ3) is 23.3. The van der Waals surface area contributed by atoms with Crippen LogP contribution in [0.15, 0.2) is 17.5 Å². The lowest BCUT2D eigenvalue weighted by molar-refractivity contribution is -0.146. The first kappa shape index (κ1) is 64.6. The zero-order valence-electron chi connectivity index (χ0n) is 41.5. The third-order valence-corrected chi connectivity index (χ3v) is 11.4. The van der Waals surface area contributed by atoms with Gasteiger partial charge in [0.15, 0.2) is 5.96 Å². The monoisotopic (exact) mass is 1100 g/mol. The quantitative estimate of drug-likeness (QED) is 0.0169. The number of carbonyl (C=O) groups is 13. The number of aliphatic carboxylic acids is 5. The molecule has 0 saturated carbocycles. The van der Waals surface area contributed by atoms with Gasteiger partial charge in [-0.1, -0.05) is 0 Å². The Morgan fingerprint density at radius 1 is 0.636 bits per heavy atom. The number of hydrogen-bond acceptors (Lipinski definition) is 18. The van der Waals surface area contributed by atoms with Gasteiger partial charge >= 0.3 is 29.8 Å². The number of aliphatic imine (C=N–C) groups is 1. The van der Waals surface area contributed by atoms with Crippen LogP contribution >= 0.6 is 0 Å². The van der Waals surface area contributed by atoms with Crippen molar-refractivity contribution in [2.45, 2.75) is 138 Å². The number of rotatable bonds is 36. The highest BCUT2D eigenvalue weighted by Crippen LogP contribution is 2.21. The van der Waals surface area contributed by atoms with E-state index in [0.29, 0.717) is 12.1 Å². The van der Waals surface area contributed by atoms with Crippen LogP contribution < -0.4 is 60.2 Å². The van der Waals surface area contributed by atoms with E-state index < -0.39 is 170 Å². The van der Waals surface area contributed by atoms with Crippen LogP contribution in [0.3, 0.4) is 0 Å². The summed E-state index contributed by atoms with van der Waals surface area (Å²) in [5.74, 6) is -17.3. The van der Waals surface area contributed by atoms with E-state index in [4.69, 9.17) is 28.0 Å². The maximum absolute atomic E-state index is 14.1. The number of aliphatic hydroxyl groups excluding tert-OH is 1. The lowest BCUT2D eigenvalue weighted by Crippen LogP contribution is -2.61. The van der Waals surface area contributed by atoms with Crippen LogP contribution in [-0.4, -0.2) is 209 Å². The van der Waals surface area contributed by atoms with Crippen molar-refractivity contribution in [2.75, 3.05) is 26.2 Å². The topological polar surface area (TPSA) is 576 Å². The highest BCUT2D eigenvalue weighted by atomic mass is 16.4. The molecule has 0 spiro atoms. The van der Waals surface area contributed by atoms with Gasteiger partial charge in [0.2, 0.25) is 47.3 Å². The number of carbonyl (C=O) groups excluding carboxylic acids is 8. The largest absolute Gasteiger partial charge is 0.481 e. The second kappa shape index (κ2) is 32.7. The van der Waals surface area contributed by atoms with Crippen molar-refractivity contribution in [1.82, 2.24) is 52.1 Å². The summed E-state index contributed by atoms with van der Waals surface area (Å²) in [5, 5.41) is 73.2. The predicted molar refractivity (Wildman–Crippen MR) is 260 cm³/mol. The fourth-order valence-electron chi connectivity index (χ4n) is 7.53. The second-order valence-corrected chi connectivity index (χ2v) is 17.5. The molecular formula is C43H67N15O19. The minimum absolute atomic E-state index is 0.0425. The zero-order valence-corrected chi connectivity index (χ0v) is 41.5. The number of nitrogens with zero attached hydrogens (tertiary/aromatic N) is 3. The van der Waals surface area contributed by atoms with Gasteiger partial charge in [-0.15, -0.1) is 0 Å². The SMILES string of the molecule is NCCCC[C@H](NC(=O)[C@@H]1CCCN1C(=O)[C@H](CC(=O)O)NC(=O)[C@H](CCC(=O)O)NC(=O)[C@H](CC(=O)O)NC(=O)[C@@H](N)CC(=O)O)C(=O)N[C@@H](CO)C(=O)N[C@@H](Cc1cnc[nH]1)C(=O)N[C@@H](CCCN=C(N)N)C(=O)O. The Morgan fingerprint density at radius 2 is 1.16 bits per heavy atom. The average molecular weight is 1100 g/mol.